The summed E-state index contributed by atoms with van der Waals surface area (Å²) in [6.45, 7) is 18.4. The highest BCUT2D eigenvalue weighted by molar-refractivity contribution is 7.13. The van der Waals surface area contributed by atoms with Gasteiger partial charge in [-0.1, -0.05) is 55.4 Å². The Hall–Kier alpha value is -5.70. The molecule has 78 heavy (non-hydrogen) atoms. The van der Waals surface area contributed by atoms with Gasteiger partial charge in [-0.15, -0.1) is 21.5 Å². The molecule has 8 heterocycles. The number of aliphatic hydroxyl groups excluding tert-OH is 1. The molecule has 1 aliphatic carbocycles. The maximum atomic E-state index is 14.4. The second-order valence-corrected chi connectivity index (χ2v) is 24.5. The van der Waals surface area contributed by atoms with Crippen molar-refractivity contribution >= 4 is 40.5 Å². The Morgan fingerprint density at radius 1 is 0.872 bits per heavy atom. The predicted octanol–water partition coefficient (Wildman–Crippen LogP) is 7.28. The van der Waals surface area contributed by atoms with Crippen LogP contribution in [0.2, 0.25) is 0 Å². The van der Waals surface area contributed by atoms with Gasteiger partial charge in [-0.3, -0.25) is 14.5 Å². The fraction of sp³-hybridized carbons (Fsp3) is 0.593. The Balaban J connectivity index is 0.586. The quantitative estimate of drug-likeness (QED) is 0.0765. The van der Waals surface area contributed by atoms with Gasteiger partial charge >= 0.3 is 0 Å². The molecule has 5 N–H and O–H groups in total. The van der Waals surface area contributed by atoms with Crippen LogP contribution in [0.4, 0.5) is 17.3 Å². The minimum atomic E-state index is -0.797. The van der Waals surface area contributed by atoms with E-state index in [0.29, 0.717) is 46.9 Å². The van der Waals surface area contributed by atoms with Gasteiger partial charge in [-0.2, -0.15) is 0 Å². The molecule has 5 aliphatic heterocycles. The molecule has 5 aromatic rings. The second-order valence-electron chi connectivity index (χ2n) is 23.6. The summed E-state index contributed by atoms with van der Waals surface area (Å²) in [7, 11) is 0. The largest absolute Gasteiger partial charge is 0.507 e. The number of anilines is 3. The van der Waals surface area contributed by atoms with Crippen LogP contribution in [0.1, 0.15) is 108 Å². The predicted molar refractivity (Wildman–Crippen MR) is 301 cm³/mol. The number of ether oxygens (including phenoxy) is 2. The molecule has 0 radical (unpaired) electrons. The van der Waals surface area contributed by atoms with Gasteiger partial charge < -0.3 is 54.9 Å². The number of morpholine rings is 1. The standard InChI is InChI=1S/C59H79N11O7S/c1-37(2)54(58(74)70-34-44(71)29-50(70)57(73)62-38(3)42-9-11-43(12-10-42)55-39(4)61-36-78-55)52-31-53(65-77-52)69-21-13-40(14-22-69)32-66-19-15-45(16-20-66)76-46-27-41(28-46)33-67-25-26-75-59(35-67)17-23-68(24-18-59)49-30-48(63-64-56(49)60)47-7-5-6-8-51(47)72/h5-12,30-31,36-38,40-41,44-46,50,54,71-72H,13-29,32-35H2,1-4H3,(H2,60,64)(H,62,73)/t38-,41?,44+,46?,50-,54+/m0/s1. The van der Waals surface area contributed by atoms with Gasteiger partial charge in [0.05, 0.1) is 64.0 Å². The van der Waals surface area contributed by atoms with Crippen molar-refractivity contribution in [3.8, 4) is 27.4 Å². The summed E-state index contributed by atoms with van der Waals surface area (Å²) in [6, 6.07) is 18.1. The van der Waals surface area contributed by atoms with E-state index in [1.165, 1.54) is 0 Å². The number of para-hydroxylation sites is 1. The fourth-order valence-corrected chi connectivity index (χ4v) is 14.0. The van der Waals surface area contributed by atoms with Crippen LogP contribution in [0.3, 0.4) is 0 Å². The normalized spacial score (nSPS) is 24.4. The number of benzene rings is 2. The minimum Gasteiger partial charge on any atom is -0.507 e. The van der Waals surface area contributed by atoms with Crippen molar-refractivity contribution in [3.05, 3.63) is 83.2 Å². The van der Waals surface area contributed by atoms with E-state index in [-0.39, 0.29) is 48.1 Å². The lowest BCUT2D eigenvalue weighted by molar-refractivity contribution is -0.141. The van der Waals surface area contributed by atoms with E-state index in [1.54, 1.807) is 28.4 Å². The number of piperidine rings is 3. The third kappa shape index (κ3) is 12.1. The summed E-state index contributed by atoms with van der Waals surface area (Å²) in [4.78, 5) is 45.1. The van der Waals surface area contributed by atoms with Gasteiger partial charge in [-0.25, -0.2) is 4.98 Å². The van der Waals surface area contributed by atoms with Crippen LogP contribution in [-0.4, -0.2) is 166 Å². The second kappa shape index (κ2) is 23.6. The van der Waals surface area contributed by atoms with Crippen molar-refractivity contribution in [2.75, 3.05) is 94.1 Å². The number of nitrogens with one attached hydrogen (secondary N) is 1. The first-order valence-corrected chi connectivity index (χ1v) is 29.5. The Labute approximate surface area is 462 Å². The number of carbonyl (C=O) groups excluding carboxylic acids is 2. The fourth-order valence-electron chi connectivity index (χ4n) is 13.2. The molecule has 18 nitrogen and oxygen atoms in total. The number of aromatic nitrogens is 4. The number of aromatic hydroxyl groups is 1. The average molecular weight is 1090 g/mol. The summed E-state index contributed by atoms with van der Waals surface area (Å²) in [5.41, 5.74) is 13.2. The van der Waals surface area contributed by atoms with Crippen molar-refractivity contribution in [2.24, 2.45) is 17.8 Å². The molecule has 2 amide bonds. The molecular weight excluding hydrogens is 1010 g/mol. The number of aryl methyl sites for hydroxylation is 1. The van der Waals surface area contributed by atoms with E-state index in [4.69, 9.17) is 19.7 Å². The zero-order chi connectivity index (χ0) is 54.1. The van der Waals surface area contributed by atoms with Gasteiger partial charge in [0.15, 0.2) is 17.4 Å². The van der Waals surface area contributed by atoms with Crippen LogP contribution in [0.15, 0.2) is 70.7 Å². The number of phenolic OH excluding ortho intramolecular Hbond substituents is 1. The number of hydrogen-bond acceptors (Lipinski definition) is 17. The number of carbonyl (C=O) groups is 2. The van der Waals surface area contributed by atoms with E-state index in [0.717, 1.165) is 157 Å². The van der Waals surface area contributed by atoms with E-state index in [2.05, 4.69) is 45.3 Å². The highest BCUT2D eigenvalue weighted by Crippen LogP contribution is 2.40. The molecule has 0 bridgehead atoms. The maximum absolute atomic E-state index is 14.4. The molecule has 1 spiro atoms. The maximum Gasteiger partial charge on any atom is 0.243 e. The Bertz CT molecular complexity index is 2830. The van der Waals surface area contributed by atoms with Crippen molar-refractivity contribution < 1.29 is 33.8 Å². The van der Waals surface area contributed by atoms with E-state index in [9.17, 15) is 19.8 Å². The number of nitrogens with two attached hydrogens (primary N) is 1. The smallest absolute Gasteiger partial charge is 0.243 e. The third-order valence-corrected chi connectivity index (χ3v) is 18.8. The third-order valence-electron chi connectivity index (χ3n) is 17.8. The Morgan fingerprint density at radius 3 is 2.33 bits per heavy atom. The van der Waals surface area contributed by atoms with Crippen molar-refractivity contribution in [2.45, 2.75) is 127 Å². The highest BCUT2D eigenvalue weighted by atomic mass is 32.1. The van der Waals surface area contributed by atoms with Gasteiger partial charge in [-0.05, 0) is 112 Å². The summed E-state index contributed by atoms with van der Waals surface area (Å²) in [6.07, 6.45) is 8.50. The molecule has 6 aliphatic rings. The van der Waals surface area contributed by atoms with E-state index < -0.39 is 18.1 Å². The molecule has 5 saturated heterocycles. The molecule has 2 aromatic carbocycles. The van der Waals surface area contributed by atoms with Gasteiger partial charge in [0, 0.05) is 90.0 Å². The van der Waals surface area contributed by atoms with Crippen LogP contribution < -0.4 is 20.9 Å². The Kier molecular flexibility index (Phi) is 16.4. The first kappa shape index (κ1) is 54.3. The first-order valence-electron chi connectivity index (χ1n) is 28.7. The zero-order valence-corrected chi connectivity index (χ0v) is 46.7. The Morgan fingerprint density at radius 2 is 1.62 bits per heavy atom. The van der Waals surface area contributed by atoms with Crippen molar-refractivity contribution in [1.82, 2.24) is 40.4 Å². The zero-order valence-electron chi connectivity index (χ0n) is 45.8. The molecule has 1 saturated carbocycles. The number of nitrogen functional groups attached to an aromatic ring is 1. The molecule has 4 atom stereocenters. The SMILES string of the molecule is Cc1ncsc1-c1ccc([C@H](C)NC(=O)[C@@H]2C[C@@H](O)CN2C(=O)[C@@H](c2cc(N3CCC(CN4CCC(OC5CC(CN6CCOC7(CCN(c8cc(-c9ccccc9O)nnc8N)CC7)C6)C5)CC4)CC3)no2)C(C)C)cc1. The lowest BCUT2D eigenvalue weighted by Gasteiger charge is -2.49. The monoisotopic (exact) mass is 1090 g/mol. The van der Waals surface area contributed by atoms with Crippen LogP contribution >= 0.6 is 11.3 Å². The average Bonchev–Trinajstić information content (AvgIpc) is 4.23. The van der Waals surface area contributed by atoms with Gasteiger partial charge in [0.2, 0.25) is 11.8 Å². The molecular formula is C59H79N11O7S. The van der Waals surface area contributed by atoms with E-state index in [1.807, 2.05) is 81.7 Å². The van der Waals surface area contributed by atoms with Gasteiger partial charge in [0.25, 0.3) is 0 Å². The number of thiazole rings is 1. The van der Waals surface area contributed by atoms with Crippen LogP contribution in [0.5, 0.6) is 5.75 Å². The number of rotatable bonds is 16. The molecule has 418 valence electrons. The summed E-state index contributed by atoms with van der Waals surface area (Å²) in [5.74, 6) is 1.81. The molecule has 19 heteroatoms. The number of phenols is 1. The molecule has 6 fully saturated rings. The van der Waals surface area contributed by atoms with E-state index >= 15 is 0 Å². The number of hydrogen-bond donors (Lipinski definition) is 4. The highest BCUT2D eigenvalue weighted by Gasteiger charge is 2.45. The molecule has 11 rings (SSSR count). The minimum absolute atomic E-state index is 0.0907. The van der Waals surface area contributed by atoms with Gasteiger partial charge in [0.1, 0.15) is 17.7 Å². The molecule has 0 unspecified atom stereocenters. The van der Waals surface area contributed by atoms with Crippen LogP contribution in [0.25, 0.3) is 21.7 Å². The molecule has 3 aromatic heterocycles. The number of β-amino-alcohol motifs (C(OH)–C–C–N with tert-alkyl or cyclic N) is 1. The topological polar surface area (TPSA) is 212 Å². The van der Waals surface area contributed by atoms with Crippen LogP contribution in [-0.2, 0) is 19.1 Å². The number of amides is 2. The summed E-state index contributed by atoms with van der Waals surface area (Å²) < 4.78 is 19.2. The van der Waals surface area contributed by atoms with Crippen LogP contribution in [0, 0.1) is 24.7 Å². The number of aliphatic hydroxyl groups is 1. The van der Waals surface area contributed by atoms with Crippen molar-refractivity contribution in [3.63, 3.8) is 0 Å². The summed E-state index contributed by atoms with van der Waals surface area (Å²) in [5, 5.41) is 37.3. The first-order chi connectivity index (χ1) is 37.7. The number of nitrogens with zero attached hydrogens (tertiary/aromatic N) is 9. The lowest BCUT2D eigenvalue weighted by atomic mass is 9.81. The number of likely N-dealkylation sites (tertiary alicyclic amines) is 2. The van der Waals surface area contributed by atoms with Crippen molar-refractivity contribution in [1.29, 1.82) is 0 Å². The summed E-state index contributed by atoms with van der Waals surface area (Å²) >= 11 is 1.60. The lowest BCUT2D eigenvalue weighted by Crippen LogP contribution is -2.58.